The molecule has 1 atom stereocenters. The van der Waals surface area contributed by atoms with Gasteiger partial charge in [-0.05, 0) is 18.6 Å². The second-order valence-corrected chi connectivity index (χ2v) is 3.83. The first-order chi connectivity index (χ1) is 6.56. The molecule has 1 rings (SSSR count). The van der Waals surface area contributed by atoms with Crippen LogP contribution in [0.5, 0.6) is 0 Å². The summed E-state index contributed by atoms with van der Waals surface area (Å²) in [6.07, 6.45) is 1.88. The summed E-state index contributed by atoms with van der Waals surface area (Å²) >= 11 is 2.99. The monoisotopic (exact) mass is 297 g/mol. The van der Waals surface area contributed by atoms with Crippen molar-refractivity contribution in [3.63, 3.8) is 0 Å². The molecule has 0 heterocycles. The number of nitrogens with two attached hydrogens (primary N) is 1. The van der Waals surface area contributed by atoms with Gasteiger partial charge in [-0.15, -0.1) is 19.0 Å². The van der Waals surface area contributed by atoms with Crippen molar-refractivity contribution in [3.8, 4) is 0 Å². The summed E-state index contributed by atoms with van der Waals surface area (Å²) < 4.78 is 27.0. The van der Waals surface area contributed by atoms with E-state index in [0.717, 1.165) is 0 Å². The Morgan fingerprint density at radius 1 is 1.40 bits per heavy atom. The van der Waals surface area contributed by atoms with Crippen molar-refractivity contribution >= 4 is 28.3 Å². The Bertz CT molecular complexity index is 334. The van der Waals surface area contributed by atoms with Crippen LogP contribution < -0.4 is 5.73 Å². The molecule has 0 radical (unpaired) electrons. The second-order valence-electron chi connectivity index (χ2n) is 2.91. The summed E-state index contributed by atoms with van der Waals surface area (Å²) in [4.78, 5) is 0. The van der Waals surface area contributed by atoms with Crippen molar-refractivity contribution in [1.29, 1.82) is 0 Å². The fraction of sp³-hybridized carbons (Fsp3) is 0.200. The number of hydrogen-bond acceptors (Lipinski definition) is 1. The van der Waals surface area contributed by atoms with Crippen molar-refractivity contribution in [2.75, 3.05) is 0 Å². The van der Waals surface area contributed by atoms with Gasteiger partial charge in [0.2, 0.25) is 0 Å². The lowest BCUT2D eigenvalue weighted by Gasteiger charge is -2.11. The molecule has 1 aromatic carbocycles. The van der Waals surface area contributed by atoms with Gasteiger partial charge in [-0.25, -0.2) is 8.78 Å². The van der Waals surface area contributed by atoms with Gasteiger partial charge in [0.25, 0.3) is 0 Å². The van der Waals surface area contributed by atoms with Crippen molar-refractivity contribution in [2.24, 2.45) is 5.73 Å². The standard InChI is InChI=1S/C10H10BrF2N.ClH/c1-2-3-9(14)10-7(12)4-6(11)5-8(10)13;/h2,4-5,9H,1,3,14H2;1H/t9-;/m0./s1. The van der Waals surface area contributed by atoms with Crippen molar-refractivity contribution in [1.82, 2.24) is 0 Å². The first-order valence-corrected chi connectivity index (χ1v) is 4.86. The molecule has 0 aliphatic carbocycles. The summed E-state index contributed by atoms with van der Waals surface area (Å²) in [5, 5.41) is 0. The van der Waals surface area contributed by atoms with Gasteiger partial charge < -0.3 is 5.73 Å². The smallest absolute Gasteiger partial charge is 0.132 e. The van der Waals surface area contributed by atoms with E-state index in [1.165, 1.54) is 18.2 Å². The highest BCUT2D eigenvalue weighted by Crippen LogP contribution is 2.25. The maximum absolute atomic E-state index is 13.3. The van der Waals surface area contributed by atoms with Crippen LogP contribution in [0.3, 0.4) is 0 Å². The molecule has 0 aliphatic heterocycles. The molecule has 84 valence electrons. The van der Waals surface area contributed by atoms with E-state index in [2.05, 4.69) is 22.5 Å². The van der Waals surface area contributed by atoms with Crippen LogP contribution in [0, 0.1) is 11.6 Å². The van der Waals surface area contributed by atoms with E-state index in [1.807, 2.05) is 0 Å². The Labute approximate surface area is 102 Å². The average molecular weight is 299 g/mol. The lowest BCUT2D eigenvalue weighted by atomic mass is 10.0. The lowest BCUT2D eigenvalue weighted by Crippen LogP contribution is -2.13. The third-order valence-corrected chi connectivity index (χ3v) is 2.29. The van der Waals surface area contributed by atoms with Crippen LogP contribution in [0.2, 0.25) is 0 Å². The molecule has 0 amide bonds. The predicted molar refractivity (Wildman–Crippen MR) is 63.0 cm³/mol. The van der Waals surface area contributed by atoms with E-state index in [0.29, 0.717) is 10.9 Å². The minimum atomic E-state index is -0.680. The third-order valence-electron chi connectivity index (χ3n) is 1.84. The van der Waals surface area contributed by atoms with Gasteiger partial charge >= 0.3 is 0 Å². The summed E-state index contributed by atoms with van der Waals surface area (Å²) in [5.41, 5.74) is 5.50. The number of halogens is 4. The average Bonchev–Trinajstić information content (AvgIpc) is 2.01. The van der Waals surface area contributed by atoms with Crippen molar-refractivity contribution in [3.05, 3.63) is 46.5 Å². The molecule has 0 aliphatic rings. The molecule has 0 saturated carbocycles. The maximum Gasteiger partial charge on any atom is 0.132 e. The summed E-state index contributed by atoms with van der Waals surface area (Å²) in [6, 6.07) is 1.71. The van der Waals surface area contributed by atoms with Gasteiger partial charge in [0.05, 0.1) is 0 Å². The lowest BCUT2D eigenvalue weighted by molar-refractivity contribution is 0.526. The van der Waals surface area contributed by atoms with E-state index < -0.39 is 17.7 Å². The van der Waals surface area contributed by atoms with Gasteiger partial charge in [0.15, 0.2) is 0 Å². The molecular formula is C10H11BrClF2N. The van der Waals surface area contributed by atoms with Gasteiger partial charge in [-0.3, -0.25) is 0 Å². The van der Waals surface area contributed by atoms with Crippen molar-refractivity contribution in [2.45, 2.75) is 12.5 Å². The van der Waals surface area contributed by atoms with E-state index in [4.69, 9.17) is 5.73 Å². The van der Waals surface area contributed by atoms with Crippen LogP contribution in [-0.4, -0.2) is 0 Å². The highest BCUT2D eigenvalue weighted by molar-refractivity contribution is 9.10. The highest BCUT2D eigenvalue weighted by Gasteiger charge is 2.16. The SMILES string of the molecule is C=CC[C@H](N)c1c(F)cc(Br)cc1F.Cl. The Kier molecular flexibility index (Phi) is 6.02. The molecule has 1 aromatic rings. The van der Waals surface area contributed by atoms with Gasteiger partial charge in [0.1, 0.15) is 11.6 Å². The fourth-order valence-electron chi connectivity index (χ4n) is 1.20. The van der Waals surface area contributed by atoms with E-state index in [-0.39, 0.29) is 18.0 Å². The molecule has 0 bridgehead atoms. The molecule has 0 spiro atoms. The first-order valence-electron chi connectivity index (χ1n) is 4.07. The minimum Gasteiger partial charge on any atom is -0.324 e. The molecule has 2 N–H and O–H groups in total. The highest BCUT2D eigenvalue weighted by atomic mass is 79.9. The van der Waals surface area contributed by atoms with Gasteiger partial charge in [-0.2, -0.15) is 0 Å². The molecule has 1 nitrogen and oxygen atoms in total. The predicted octanol–water partition coefficient (Wildman–Crippen LogP) is 3.73. The molecule has 0 saturated heterocycles. The summed E-state index contributed by atoms with van der Waals surface area (Å²) in [5.74, 6) is -1.27. The minimum absolute atomic E-state index is 0. The van der Waals surface area contributed by atoms with E-state index >= 15 is 0 Å². The Balaban J connectivity index is 0.00000196. The maximum atomic E-state index is 13.3. The molecule has 0 unspecified atom stereocenters. The molecule has 0 fully saturated rings. The number of hydrogen-bond donors (Lipinski definition) is 1. The Morgan fingerprint density at radius 2 is 1.87 bits per heavy atom. The number of rotatable bonds is 3. The first kappa shape index (κ1) is 14.5. The third kappa shape index (κ3) is 3.55. The largest absolute Gasteiger partial charge is 0.324 e. The number of benzene rings is 1. The van der Waals surface area contributed by atoms with E-state index in [9.17, 15) is 8.78 Å². The Morgan fingerprint density at radius 3 is 2.27 bits per heavy atom. The van der Waals surface area contributed by atoms with Crippen LogP contribution in [0.4, 0.5) is 8.78 Å². The van der Waals surface area contributed by atoms with Crippen molar-refractivity contribution < 1.29 is 8.78 Å². The second kappa shape index (κ2) is 6.20. The summed E-state index contributed by atoms with van der Waals surface area (Å²) in [7, 11) is 0. The molecular weight excluding hydrogens is 287 g/mol. The van der Waals surface area contributed by atoms with Crippen LogP contribution >= 0.6 is 28.3 Å². The normalized spacial score (nSPS) is 11.7. The zero-order chi connectivity index (χ0) is 10.7. The van der Waals surface area contributed by atoms with E-state index in [1.54, 1.807) is 0 Å². The molecule has 0 aromatic heterocycles. The zero-order valence-electron chi connectivity index (χ0n) is 7.84. The topological polar surface area (TPSA) is 26.0 Å². The Hall–Kier alpha value is -0.450. The van der Waals surface area contributed by atoms with Crippen LogP contribution in [0.15, 0.2) is 29.3 Å². The summed E-state index contributed by atoms with van der Waals surface area (Å²) in [6.45, 7) is 3.47. The molecule has 5 heteroatoms. The van der Waals surface area contributed by atoms with Gasteiger partial charge in [-0.1, -0.05) is 22.0 Å². The van der Waals surface area contributed by atoms with Crippen LogP contribution in [0.1, 0.15) is 18.0 Å². The van der Waals surface area contributed by atoms with Crippen LogP contribution in [-0.2, 0) is 0 Å². The van der Waals surface area contributed by atoms with Crippen LogP contribution in [0.25, 0.3) is 0 Å². The zero-order valence-corrected chi connectivity index (χ0v) is 10.2. The quantitative estimate of drug-likeness (QED) is 0.846. The van der Waals surface area contributed by atoms with Gasteiger partial charge in [0, 0.05) is 16.1 Å². The molecule has 15 heavy (non-hydrogen) atoms. The fourth-order valence-corrected chi connectivity index (χ4v) is 1.61.